The molecule has 1 N–H and O–H groups in total. The zero-order chi connectivity index (χ0) is 11.5. The molecule has 0 bridgehead atoms. The molecule has 0 amide bonds. The smallest absolute Gasteiger partial charge is 0.176 e. The molecule has 1 saturated carbocycles. The molecule has 0 heterocycles. The molecule has 1 aromatic rings. The summed E-state index contributed by atoms with van der Waals surface area (Å²) in [6.45, 7) is 0.274. The molecule has 0 saturated heterocycles. The van der Waals surface area contributed by atoms with Gasteiger partial charge in [0, 0.05) is 11.6 Å². The molecule has 1 aromatic carbocycles. The van der Waals surface area contributed by atoms with Gasteiger partial charge in [0.25, 0.3) is 0 Å². The lowest BCUT2D eigenvalue weighted by Crippen LogP contribution is -2.24. The first-order valence-electron chi connectivity index (χ1n) is 5.31. The van der Waals surface area contributed by atoms with Gasteiger partial charge in [-0.15, -0.1) is 0 Å². The topological polar surface area (TPSA) is 38.3 Å². The van der Waals surface area contributed by atoms with Crippen molar-refractivity contribution in [2.45, 2.75) is 18.9 Å². The summed E-state index contributed by atoms with van der Waals surface area (Å²) in [6.07, 6.45) is 2.26. The van der Waals surface area contributed by atoms with Crippen molar-refractivity contribution in [3.8, 4) is 5.75 Å². The summed E-state index contributed by atoms with van der Waals surface area (Å²) in [7, 11) is 1.40. The predicted molar refractivity (Wildman–Crippen MR) is 58.3 cm³/mol. The van der Waals surface area contributed by atoms with E-state index >= 15 is 0 Å². The first-order valence-corrected chi connectivity index (χ1v) is 5.31. The van der Waals surface area contributed by atoms with E-state index in [1.165, 1.54) is 19.2 Å². The molecule has 1 fully saturated rings. The van der Waals surface area contributed by atoms with E-state index in [0.717, 1.165) is 12.8 Å². The van der Waals surface area contributed by atoms with Crippen molar-refractivity contribution in [3.05, 3.63) is 29.6 Å². The van der Waals surface area contributed by atoms with E-state index < -0.39 is 5.82 Å². The summed E-state index contributed by atoms with van der Waals surface area (Å²) in [5.74, 6) is -0.431. The monoisotopic (exact) mass is 223 g/mol. The van der Waals surface area contributed by atoms with Crippen LogP contribution in [-0.4, -0.2) is 25.5 Å². The van der Waals surface area contributed by atoms with Gasteiger partial charge >= 0.3 is 0 Å². The number of nitrogens with one attached hydrogen (secondary N) is 1. The Bertz CT molecular complexity index is 402. The number of rotatable bonds is 5. The molecule has 1 aliphatic carbocycles. The summed E-state index contributed by atoms with van der Waals surface area (Å²) in [5.41, 5.74) is 0.381. The SMILES string of the molecule is COc1ccc(C(=O)CNC2CC2)cc1F. The molecule has 3 nitrogen and oxygen atoms in total. The number of hydrogen-bond acceptors (Lipinski definition) is 3. The first-order chi connectivity index (χ1) is 7.70. The third kappa shape index (κ3) is 2.58. The molecule has 0 spiro atoms. The normalized spacial score (nSPS) is 14.9. The second-order valence-electron chi connectivity index (χ2n) is 3.93. The van der Waals surface area contributed by atoms with Crippen LogP contribution in [0.4, 0.5) is 4.39 Å². The third-order valence-electron chi connectivity index (χ3n) is 2.60. The minimum Gasteiger partial charge on any atom is -0.494 e. The molecular weight excluding hydrogens is 209 g/mol. The number of carbonyl (C=O) groups is 1. The van der Waals surface area contributed by atoms with E-state index in [1.807, 2.05) is 0 Å². The van der Waals surface area contributed by atoms with Gasteiger partial charge in [0.15, 0.2) is 17.3 Å². The second kappa shape index (κ2) is 4.61. The van der Waals surface area contributed by atoms with Gasteiger partial charge in [-0.2, -0.15) is 0 Å². The summed E-state index contributed by atoms with van der Waals surface area (Å²) in [5, 5.41) is 3.10. The van der Waals surface area contributed by atoms with Crippen LogP contribution in [-0.2, 0) is 0 Å². The molecular formula is C12H14FNO2. The molecule has 2 rings (SSSR count). The molecule has 0 aromatic heterocycles. The Morgan fingerprint density at radius 1 is 1.56 bits per heavy atom. The van der Waals surface area contributed by atoms with E-state index in [4.69, 9.17) is 4.74 Å². The van der Waals surface area contributed by atoms with Crippen LogP contribution in [0.5, 0.6) is 5.75 Å². The maximum absolute atomic E-state index is 13.3. The zero-order valence-corrected chi connectivity index (χ0v) is 9.13. The number of benzene rings is 1. The Balaban J connectivity index is 2.01. The van der Waals surface area contributed by atoms with Crippen LogP contribution in [0.2, 0.25) is 0 Å². The minimum atomic E-state index is -0.500. The van der Waals surface area contributed by atoms with Gasteiger partial charge in [-0.3, -0.25) is 4.79 Å². The van der Waals surface area contributed by atoms with Crippen molar-refractivity contribution in [2.75, 3.05) is 13.7 Å². The number of hydrogen-bond donors (Lipinski definition) is 1. The molecule has 0 atom stereocenters. The van der Waals surface area contributed by atoms with Crippen molar-refractivity contribution < 1.29 is 13.9 Å². The predicted octanol–water partition coefficient (Wildman–Crippen LogP) is 1.77. The van der Waals surface area contributed by atoms with Crippen LogP contribution >= 0.6 is 0 Å². The highest BCUT2D eigenvalue weighted by molar-refractivity contribution is 5.97. The number of carbonyl (C=O) groups excluding carboxylic acids is 1. The average Bonchev–Trinajstić information content (AvgIpc) is 3.09. The van der Waals surface area contributed by atoms with Crippen LogP contribution in [0.3, 0.4) is 0 Å². The molecule has 0 aliphatic heterocycles. The van der Waals surface area contributed by atoms with Crippen LogP contribution in [0, 0.1) is 5.82 Å². The number of ether oxygens (including phenoxy) is 1. The largest absolute Gasteiger partial charge is 0.494 e. The number of methoxy groups -OCH3 is 1. The van der Waals surface area contributed by atoms with Gasteiger partial charge in [0.05, 0.1) is 13.7 Å². The first kappa shape index (κ1) is 11.1. The fourth-order valence-electron chi connectivity index (χ4n) is 1.47. The standard InChI is InChI=1S/C12H14FNO2/c1-16-12-5-2-8(6-10(12)13)11(15)7-14-9-3-4-9/h2,5-6,9,14H,3-4,7H2,1H3. The van der Waals surface area contributed by atoms with Gasteiger partial charge < -0.3 is 10.1 Å². The lowest BCUT2D eigenvalue weighted by atomic mass is 10.1. The van der Waals surface area contributed by atoms with Crippen molar-refractivity contribution in [2.24, 2.45) is 0 Å². The average molecular weight is 223 g/mol. The van der Waals surface area contributed by atoms with Gasteiger partial charge in [0.2, 0.25) is 0 Å². The summed E-state index contributed by atoms with van der Waals surface area (Å²) in [6, 6.07) is 4.75. The van der Waals surface area contributed by atoms with Crippen LogP contribution in [0.1, 0.15) is 23.2 Å². The molecule has 16 heavy (non-hydrogen) atoms. The van der Waals surface area contributed by atoms with Gasteiger partial charge in [-0.1, -0.05) is 0 Å². The van der Waals surface area contributed by atoms with Gasteiger partial charge in [-0.05, 0) is 31.0 Å². The van der Waals surface area contributed by atoms with Crippen molar-refractivity contribution in [1.82, 2.24) is 5.32 Å². The van der Waals surface area contributed by atoms with E-state index in [1.54, 1.807) is 6.07 Å². The summed E-state index contributed by atoms with van der Waals surface area (Å²) < 4.78 is 18.1. The molecule has 0 radical (unpaired) electrons. The number of ketones is 1. The summed E-state index contributed by atoms with van der Waals surface area (Å²) in [4.78, 5) is 11.7. The van der Waals surface area contributed by atoms with Crippen molar-refractivity contribution >= 4 is 5.78 Å². The molecule has 1 aliphatic rings. The Morgan fingerprint density at radius 3 is 2.88 bits per heavy atom. The van der Waals surface area contributed by atoms with Crippen LogP contribution in [0.25, 0.3) is 0 Å². The lowest BCUT2D eigenvalue weighted by Gasteiger charge is -2.05. The Labute approximate surface area is 93.6 Å². The molecule has 86 valence electrons. The van der Waals surface area contributed by atoms with E-state index in [0.29, 0.717) is 11.6 Å². The van der Waals surface area contributed by atoms with Gasteiger partial charge in [-0.25, -0.2) is 4.39 Å². The number of halogens is 1. The zero-order valence-electron chi connectivity index (χ0n) is 9.13. The Morgan fingerprint density at radius 2 is 2.31 bits per heavy atom. The lowest BCUT2D eigenvalue weighted by molar-refractivity contribution is 0.0990. The highest BCUT2D eigenvalue weighted by Gasteiger charge is 2.21. The van der Waals surface area contributed by atoms with Crippen molar-refractivity contribution in [1.29, 1.82) is 0 Å². The summed E-state index contributed by atoms with van der Waals surface area (Å²) >= 11 is 0. The van der Waals surface area contributed by atoms with Crippen LogP contribution in [0.15, 0.2) is 18.2 Å². The highest BCUT2D eigenvalue weighted by Crippen LogP contribution is 2.20. The van der Waals surface area contributed by atoms with Crippen LogP contribution < -0.4 is 10.1 Å². The Kier molecular flexibility index (Phi) is 3.19. The fraction of sp³-hybridized carbons (Fsp3) is 0.417. The molecule has 0 unspecified atom stereocenters. The minimum absolute atomic E-state index is 0.0894. The second-order valence-corrected chi connectivity index (χ2v) is 3.93. The third-order valence-corrected chi connectivity index (χ3v) is 2.60. The van der Waals surface area contributed by atoms with Crippen molar-refractivity contribution in [3.63, 3.8) is 0 Å². The van der Waals surface area contributed by atoms with E-state index in [2.05, 4.69) is 5.32 Å². The quantitative estimate of drug-likeness (QED) is 0.773. The Hall–Kier alpha value is -1.42. The fourth-order valence-corrected chi connectivity index (χ4v) is 1.47. The maximum atomic E-state index is 13.3. The molecule has 4 heteroatoms. The van der Waals surface area contributed by atoms with E-state index in [-0.39, 0.29) is 18.1 Å². The van der Waals surface area contributed by atoms with E-state index in [9.17, 15) is 9.18 Å². The van der Waals surface area contributed by atoms with Gasteiger partial charge in [0.1, 0.15) is 0 Å². The maximum Gasteiger partial charge on any atom is 0.176 e. The number of Topliss-reactive ketones (excluding diaryl/α,β-unsaturated/α-hetero) is 1. The highest BCUT2D eigenvalue weighted by atomic mass is 19.1.